The van der Waals surface area contributed by atoms with Gasteiger partial charge in [0.15, 0.2) is 5.78 Å². The Kier molecular flexibility index (Phi) is 7.54. The zero-order chi connectivity index (χ0) is 20.0. The van der Waals surface area contributed by atoms with E-state index in [-0.39, 0.29) is 17.6 Å². The molecular weight excluding hydrogens is 342 g/mol. The van der Waals surface area contributed by atoms with Gasteiger partial charge in [0.25, 0.3) is 0 Å². The Balaban J connectivity index is 1.88. The van der Waals surface area contributed by atoms with Gasteiger partial charge in [0.2, 0.25) is 5.91 Å². The number of carbonyl (C=O) groups excluding carboxylic acids is 3. The fraction of sp³-hybridized carbons (Fsp3) is 0.571. The highest BCUT2D eigenvalue weighted by molar-refractivity contribution is 5.98. The molecule has 1 aliphatic rings. The number of rotatable bonds is 6. The molecule has 1 aromatic rings. The minimum absolute atomic E-state index is 0.00796. The monoisotopic (exact) mass is 373 g/mol. The molecule has 148 valence electrons. The zero-order valence-corrected chi connectivity index (χ0v) is 16.7. The van der Waals surface area contributed by atoms with Crippen molar-refractivity contribution < 1.29 is 14.4 Å². The van der Waals surface area contributed by atoms with Crippen LogP contribution in [0.25, 0.3) is 0 Å². The number of Topliss-reactive ketones (excluding diaryl/α,β-unsaturated/α-hetero) is 1. The summed E-state index contributed by atoms with van der Waals surface area (Å²) < 4.78 is 0. The summed E-state index contributed by atoms with van der Waals surface area (Å²) in [5.41, 5.74) is 2.03. The lowest BCUT2D eigenvalue weighted by Gasteiger charge is -2.34. The van der Waals surface area contributed by atoms with Gasteiger partial charge in [-0.15, -0.1) is 0 Å². The third kappa shape index (κ3) is 5.89. The molecule has 6 heteroatoms. The van der Waals surface area contributed by atoms with Crippen LogP contribution in [0.2, 0.25) is 0 Å². The molecule has 1 aromatic carbocycles. The van der Waals surface area contributed by atoms with Crippen molar-refractivity contribution in [2.75, 3.05) is 20.1 Å². The maximum atomic E-state index is 12.8. The molecule has 0 aliphatic carbocycles. The number of urea groups is 1. The summed E-state index contributed by atoms with van der Waals surface area (Å²) in [5.74, 6) is 0.456. The lowest BCUT2D eigenvalue weighted by molar-refractivity contribution is -0.125. The highest BCUT2D eigenvalue weighted by Gasteiger charge is 2.30. The van der Waals surface area contributed by atoms with Gasteiger partial charge < -0.3 is 5.32 Å². The molecule has 27 heavy (non-hydrogen) atoms. The molecular formula is C21H31N3O3. The molecule has 0 spiro atoms. The van der Waals surface area contributed by atoms with Gasteiger partial charge >= 0.3 is 6.03 Å². The maximum absolute atomic E-state index is 12.8. The average molecular weight is 373 g/mol. The molecule has 1 aliphatic heterocycles. The molecule has 1 heterocycles. The molecule has 6 nitrogen and oxygen atoms in total. The summed E-state index contributed by atoms with van der Waals surface area (Å²) in [6.45, 7) is 7.49. The van der Waals surface area contributed by atoms with E-state index >= 15 is 0 Å². The summed E-state index contributed by atoms with van der Waals surface area (Å²) in [5, 5.41) is 4.68. The predicted octanol–water partition coefficient (Wildman–Crippen LogP) is 2.62. The highest BCUT2D eigenvalue weighted by Crippen LogP contribution is 2.23. The number of carbonyl (C=O) groups is 3. The first-order valence-corrected chi connectivity index (χ1v) is 9.71. The summed E-state index contributed by atoms with van der Waals surface area (Å²) >= 11 is 0. The van der Waals surface area contributed by atoms with E-state index in [4.69, 9.17) is 0 Å². The van der Waals surface area contributed by atoms with Crippen molar-refractivity contribution >= 4 is 17.7 Å². The second-order valence-electron chi connectivity index (χ2n) is 7.71. The van der Waals surface area contributed by atoms with Crippen LogP contribution in [0.4, 0.5) is 4.79 Å². The quantitative estimate of drug-likeness (QED) is 0.752. The van der Waals surface area contributed by atoms with Crippen LogP contribution in [-0.2, 0) is 11.2 Å². The van der Waals surface area contributed by atoms with Crippen molar-refractivity contribution in [3.63, 3.8) is 0 Å². The molecule has 0 radical (unpaired) electrons. The smallest absolute Gasteiger partial charge is 0.321 e. The van der Waals surface area contributed by atoms with Gasteiger partial charge in [-0.25, -0.2) is 4.79 Å². The standard InChI is InChI=1S/C21H31N3O3/c1-14(2)13-16-5-7-17(8-6-16)19(25)18-9-11-24(12-10-18)15(3)20(26)23-21(27)22-4/h5-8,14-15,18H,9-13H2,1-4H3,(H2,22,23,26,27). The Morgan fingerprint density at radius 3 is 2.19 bits per heavy atom. The van der Waals surface area contributed by atoms with Crippen LogP contribution in [0.3, 0.4) is 0 Å². The Morgan fingerprint density at radius 1 is 1.07 bits per heavy atom. The van der Waals surface area contributed by atoms with Gasteiger partial charge in [0.1, 0.15) is 0 Å². The molecule has 0 aromatic heterocycles. The summed E-state index contributed by atoms with van der Waals surface area (Å²) in [7, 11) is 1.47. The van der Waals surface area contributed by atoms with E-state index in [2.05, 4.69) is 24.5 Å². The van der Waals surface area contributed by atoms with Gasteiger partial charge in [-0.2, -0.15) is 0 Å². The second-order valence-corrected chi connectivity index (χ2v) is 7.71. The van der Waals surface area contributed by atoms with Gasteiger partial charge in [-0.3, -0.25) is 19.8 Å². The summed E-state index contributed by atoms with van der Waals surface area (Å²) in [6, 6.07) is 7.07. The molecule has 0 bridgehead atoms. The lowest BCUT2D eigenvalue weighted by atomic mass is 9.88. The van der Waals surface area contributed by atoms with Gasteiger partial charge in [-0.05, 0) is 50.8 Å². The Bertz CT molecular complexity index is 662. The molecule has 0 saturated carbocycles. The fourth-order valence-corrected chi connectivity index (χ4v) is 3.51. The third-order valence-electron chi connectivity index (χ3n) is 5.17. The first-order valence-electron chi connectivity index (χ1n) is 9.71. The predicted molar refractivity (Wildman–Crippen MR) is 106 cm³/mol. The second kappa shape index (κ2) is 9.65. The summed E-state index contributed by atoms with van der Waals surface area (Å²) in [4.78, 5) is 38.2. The van der Waals surface area contributed by atoms with E-state index in [1.54, 1.807) is 6.92 Å². The van der Waals surface area contributed by atoms with E-state index < -0.39 is 12.1 Å². The SMILES string of the molecule is CNC(=O)NC(=O)C(C)N1CCC(C(=O)c2ccc(CC(C)C)cc2)CC1. The van der Waals surface area contributed by atoms with E-state index in [0.29, 0.717) is 19.0 Å². The summed E-state index contributed by atoms with van der Waals surface area (Å²) in [6.07, 6.45) is 2.47. The average Bonchev–Trinajstić information content (AvgIpc) is 2.67. The van der Waals surface area contributed by atoms with Crippen molar-refractivity contribution in [2.24, 2.45) is 11.8 Å². The molecule has 1 atom stereocenters. The highest BCUT2D eigenvalue weighted by atomic mass is 16.2. The number of imide groups is 1. The van der Waals surface area contributed by atoms with E-state index in [0.717, 1.165) is 24.8 Å². The van der Waals surface area contributed by atoms with Crippen molar-refractivity contribution in [2.45, 2.75) is 46.1 Å². The van der Waals surface area contributed by atoms with Crippen LogP contribution >= 0.6 is 0 Å². The van der Waals surface area contributed by atoms with Gasteiger partial charge in [0.05, 0.1) is 6.04 Å². The number of nitrogens with one attached hydrogen (secondary N) is 2. The first kappa shape index (κ1) is 21.1. The van der Waals surface area contributed by atoms with Crippen LogP contribution in [0.1, 0.15) is 49.5 Å². The van der Waals surface area contributed by atoms with Crippen LogP contribution in [0.15, 0.2) is 24.3 Å². The zero-order valence-electron chi connectivity index (χ0n) is 16.7. The van der Waals surface area contributed by atoms with Crippen LogP contribution in [-0.4, -0.2) is 48.8 Å². The number of nitrogens with zero attached hydrogens (tertiary/aromatic N) is 1. The first-order chi connectivity index (χ1) is 12.8. The lowest BCUT2D eigenvalue weighted by Crippen LogP contribution is -2.51. The van der Waals surface area contributed by atoms with Crippen molar-refractivity contribution in [1.29, 1.82) is 0 Å². The third-order valence-corrected chi connectivity index (χ3v) is 5.17. The van der Waals surface area contributed by atoms with E-state index in [9.17, 15) is 14.4 Å². The number of hydrogen-bond acceptors (Lipinski definition) is 4. The molecule has 3 amide bonds. The maximum Gasteiger partial charge on any atom is 0.321 e. The minimum atomic E-state index is -0.502. The number of likely N-dealkylation sites (tertiary alicyclic amines) is 1. The topological polar surface area (TPSA) is 78.5 Å². The number of piperidine rings is 1. The number of hydrogen-bond donors (Lipinski definition) is 2. The van der Waals surface area contributed by atoms with Crippen LogP contribution < -0.4 is 10.6 Å². The molecule has 1 fully saturated rings. The Labute approximate surface area is 161 Å². The Hall–Kier alpha value is -2.21. The van der Waals surface area contributed by atoms with E-state index in [1.807, 2.05) is 29.2 Å². The number of ketones is 1. The van der Waals surface area contributed by atoms with Gasteiger partial charge in [0, 0.05) is 18.5 Å². The fourth-order valence-electron chi connectivity index (χ4n) is 3.51. The van der Waals surface area contributed by atoms with Crippen molar-refractivity contribution in [3.8, 4) is 0 Å². The molecule has 1 saturated heterocycles. The van der Waals surface area contributed by atoms with Crippen molar-refractivity contribution in [3.05, 3.63) is 35.4 Å². The molecule has 1 unspecified atom stereocenters. The van der Waals surface area contributed by atoms with E-state index in [1.165, 1.54) is 12.6 Å². The van der Waals surface area contributed by atoms with Crippen molar-refractivity contribution in [1.82, 2.24) is 15.5 Å². The largest absolute Gasteiger partial charge is 0.341 e. The number of benzene rings is 1. The van der Waals surface area contributed by atoms with Crippen LogP contribution in [0, 0.1) is 11.8 Å². The van der Waals surface area contributed by atoms with Gasteiger partial charge in [-0.1, -0.05) is 38.1 Å². The van der Waals surface area contributed by atoms with Crippen LogP contribution in [0.5, 0.6) is 0 Å². The molecule has 2 N–H and O–H groups in total. The minimum Gasteiger partial charge on any atom is -0.341 e. The Morgan fingerprint density at radius 2 is 1.67 bits per heavy atom. The normalized spacial score (nSPS) is 16.8. The molecule has 2 rings (SSSR count). The number of amides is 3.